The lowest BCUT2D eigenvalue weighted by Gasteiger charge is -2.15. The third-order valence-corrected chi connectivity index (χ3v) is 5.33. The molecule has 0 aliphatic carbocycles. The molecule has 4 aromatic rings. The van der Waals surface area contributed by atoms with Crippen LogP contribution in [0.2, 0.25) is 0 Å². The number of anilines is 1. The van der Waals surface area contributed by atoms with Gasteiger partial charge in [0, 0.05) is 34.0 Å². The molecule has 33 heavy (non-hydrogen) atoms. The van der Waals surface area contributed by atoms with E-state index in [9.17, 15) is 18.4 Å². The minimum Gasteiger partial charge on any atom is -0.449 e. The molecule has 0 aliphatic heterocycles. The first-order valence-corrected chi connectivity index (χ1v) is 10.5. The van der Waals surface area contributed by atoms with Gasteiger partial charge < -0.3 is 19.4 Å². The molecule has 0 aliphatic rings. The summed E-state index contributed by atoms with van der Waals surface area (Å²) in [5.41, 5.74) is 2.51. The van der Waals surface area contributed by atoms with Gasteiger partial charge in [-0.3, -0.25) is 4.79 Å². The van der Waals surface area contributed by atoms with Gasteiger partial charge in [0.2, 0.25) is 0 Å². The lowest BCUT2D eigenvalue weighted by molar-refractivity contribution is -0.123. The highest BCUT2D eigenvalue weighted by Crippen LogP contribution is 2.31. The molecule has 1 heterocycles. The van der Waals surface area contributed by atoms with Crippen LogP contribution in [-0.4, -0.2) is 29.2 Å². The Bertz CT molecular complexity index is 1330. The second-order valence-electron chi connectivity index (χ2n) is 7.40. The summed E-state index contributed by atoms with van der Waals surface area (Å²) in [7, 11) is 0. The fourth-order valence-corrected chi connectivity index (χ4v) is 3.83. The number of aromatic nitrogens is 1. The zero-order chi connectivity index (χ0) is 23.5. The van der Waals surface area contributed by atoms with E-state index in [4.69, 9.17) is 4.74 Å². The fraction of sp³-hybridized carbons (Fsp3) is 0.200. The molecule has 8 heteroatoms. The van der Waals surface area contributed by atoms with E-state index in [1.54, 1.807) is 6.07 Å². The van der Waals surface area contributed by atoms with Gasteiger partial charge in [0.15, 0.2) is 6.10 Å². The molecule has 0 fully saturated rings. The number of aryl methyl sites for hydroxylation is 1. The van der Waals surface area contributed by atoms with Crippen LogP contribution in [0.5, 0.6) is 5.75 Å². The Kier molecular flexibility index (Phi) is 6.26. The highest BCUT2D eigenvalue weighted by atomic mass is 19.3. The number of halogens is 2. The van der Waals surface area contributed by atoms with Crippen LogP contribution >= 0.6 is 0 Å². The molecule has 1 aromatic heterocycles. The summed E-state index contributed by atoms with van der Waals surface area (Å²) in [6.07, 6.45) is -1.16. The van der Waals surface area contributed by atoms with E-state index >= 15 is 0 Å². The average Bonchev–Trinajstić information content (AvgIpc) is 3.12. The number of hydrogen-bond donors (Lipinski definition) is 1. The highest BCUT2D eigenvalue weighted by molar-refractivity contribution is 6.10. The molecule has 6 nitrogen and oxygen atoms in total. The summed E-state index contributed by atoms with van der Waals surface area (Å²) in [6, 6.07) is 19.1. The first kappa shape index (κ1) is 22.3. The largest absolute Gasteiger partial charge is 0.449 e. The summed E-state index contributed by atoms with van der Waals surface area (Å²) < 4.78 is 36.9. The monoisotopic (exact) mass is 452 g/mol. The first-order valence-electron chi connectivity index (χ1n) is 10.5. The zero-order valence-electron chi connectivity index (χ0n) is 18.0. The molecule has 170 valence electrons. The summed E-state index contributed by atoms with van der Waals surface area (Å²) in [6.45, 7) is 1.19. The first-order chi connectivity index (χ1) is 15.9. The third kappa shape index (κ3) is 4.50. The van der Waals surface area contributed by atoms with Gasteiger partial charge in [0.1, 0.15) is 11.3 Å². The van der Waals surface area contributed by atoms with Gasteiger partial charge in [0.25, 0.3) is 5.91 Å². The van der Waals surface area contributed by atoms with Crippen molar-refractivity contribution < 1.29 is 27.8 Å². The number of esters is 1. The Morgan fingerprint density at radius 1 is 0.970 bits per heavy atom. The maximum atomic E-state index is 12.7. The molecule has 4 rings (SSSR count). The number of nitrogens with one attached hydrogen (secondary N) is 1. The fourth-order valence-electron chi connectivity index (χ4n) is 3.83. The molecule has 0 radical (unpaired) electrons. The second-order valence-corrected chi connectivity index (χ2v) is 7.40. The lowest BCUT2D eigenvalue weighted by Crippen LogP contribution is -2.30. The quantitative estimate of drug-likeness (QED) is 0.371. The molecule has 0 spiro atoms. The summed E-state index contributed by atoms with van der Waals surface area (Å²) in [4.78, 5) is 25.1. The highest BCUT2D eigenvalue weighted by Gasteiger charge is 2.23. The van der Waals surface area contributed by atoms with Gasteiger partial charge in [-0.15, -0.1) is 0 Å². The predicted octanol–water partition coefficient (Wildman–Crippen LogP) is 5.60. The van der Waals surface area contributed by atoms with Crippen molar-refractivity contribution in [3.8, 4) is 5.75 Å². The lowest BCUT2D eigenvalue weighted by atomic mass is 10.1. The number of carbonyl (C=O) groups is 2. The molecule has 1 N–H and O–H groups in total. The van der Waals surface area contributed by atoms with E-state index in [-0.39, 0.29) is 11.3 Å². The van der Waals surface area contributed by atoms with Gasteiger partial charge in [-0.1, -0.05) is 30.3 Å². The Morgan fingerprint density at radius 3 is 2.42 bits per heavy atom. The van der Waals surface area contributed by atoms with Gasteiger partial charge in [-0.2, -0.15) is 8.78 Å². The summed E-state index contributed by atoms with van der Waals surface area (Å²) in [5.74, 6) is -1.80. The summed E-state index contributed by atoms with van der Waals surface area (Å²) in [5, 5.41) is 4.82. The van der Waals surface area contributed by atoms with Crippen LogP contribution in [0, 0.1) is 0 Å². The average molecular weight is 452 g/mol. The number of benzene rings is 3. The van der Waals surface area contributed by atoms with Crippen LogP contribution in [0.3, 0.4) is 0 Å². The Labute approximate surface area is 188 Å². The SMILES string of the molecule is CCn1c2ccccc2c2cc(NC(=O)C(C)OC(=O)c3ccccc3OC(F)F)ccc21. The number of hydrogen-bond acceptors (Lipinski definition) is 4. The Hall–Kier alpha value is -3.94. The van der Waals surface area contributed by atoms with Crippen molar-refractivity contribution in [2.45, 2.75) is 33.1 Å². The number of rotatable bonds is 7. The van der Waals surface area contributed by atoms with Crippen LogP contribution in [0.4, 0.5) is 14.5 Å². The molecule has 0 saturated carbocycles. The molecular formula is C25H22F2N2O4. The number of nitrogens with zero attached hydrogens (tertiary/aromatic N) is 1. The Morgan fingerprint density at radius 2 is 1.67 bits per heavy atom. The van der Waals surface area contributed by atoms with Gasteiger partial charge >= 0.3 is 12.6 Å². The zero-order valence-corrected chi connectivity index (χ0v) is 18.0. The summed E-state index contributed by atoms with van der Waals surface area (Å²) >= 11 is 0. The topological polar surface area (TPSA) is 69.6 Å². The number of alkyl halides is 2. The number of carbonyl (C=O) groups excluding carboxylic acids is 2. The van der Waals surface area contributed by atoms with Crippen molar-refractivity contribution >= 4 is 39.4 Å². The van der Waals surface area contributed by atoms with E-state index in [1.807, 2.05) is 36.4 Å². The van der Waals surface area contributed by atoms with Crippen LogP contribution < -0.4 is 10.1 Å². The van der Waals surface area contributed by atoms with E-state index in [0.717, 1.165) is 28.4 Å². The van der Waals surface area contributed by atoms with Crippen LogP contribution in [-0.2, 0) is 16.1 Å². The molecular weight excluding hydrogens is 430 g/mol. The number of fused-ring (bicyclic) bond motifs is 3. The van der Waals surface area contributed by atoms with Crippen LogP contribution in [0.15, 0.2) is 66.7 Å². The predicted molar refractivity (Wildman–Crippen MR) is 122 cm³/mol. The van der Waals surface area contributed by atoms with Crippen LogP contribution in [0.25, 0.3) is 21.8 Å². The normalized spacial score (nSPS) is 12.2. The molecule has 1 amide bonds. The van der Waals surface area contributed by atoms with Crippen molar-refractivity contribution in [2.75, 3.05) is 5.32 Å². The maximum Gasteiger partial charge on any atom is 0.387 e. The van der Waals surface area contributed by atoms with Crippen molar-refractivity contribution in [3.63, 3.8) is 0 Å². The van der Waals surface area contributed by atoms with E-state index < -0.39 is 24.6 Å². The van der Waals surface area contributed by atoms with E-state index in [2.05, 4.69) is 21.5 Å². The van der Waals surface area contributed by atoms with Crippen molar-refractivity contribution in [1.82, 2.24) is 4.57 Å². The standard InChI is InChI=1S/C25H22F2N2O4/c1-3-29-20-10-6-4-8-17(20)19-14-16(12-13-21(19)29)28-23(30)15(2)32-24(31)18-9-5-7-11-22(18)33-25(26)27/h4-15,25H,3H2,1-2H3,(H,28,30). The number of ether oxygens (including phenoxy) is 2. The molecule has 1 atom stereocenters. The molecule has 0 bridgehead atoms. The molecule has 3 aromatic carbocycles. The smallest absolute Gasteiger partial charge is 0.387 e. The van der Waals surface area contributed by atoms with Crippen molar-refractivity contribution in [2.24, 2.45) is 0 Å². The van der Waals surface area contributed by atoms with E-state index in [0.29, 0.717) is 5.69 Å². The third-order valence-electron chi connectivity index (χ3n) is 5.33. The maximum absolute atomic E-state index is 12.7. The van der Waals surface area contributed by atoms with Gasteiger partial charge in [-0.25, -0.2) is 4.79 Å². The van der Waals surface area contributed by atoms with Gasteiger partial charge in [0.05, 0.1) is 0 Å². The van der Waals surface area contributed by atoms with Crippen molar-refractivity contribution in [3.05, 3.63) is 72.3 Å². The Balaban J connectivity index is 1.51. The second kappa shape index (κ2) is 9.28. The van der Waals surface area contributed by atoms with Gasteiger partial charge in [-0.05, 0) is 50.2 Å². The molecule has 1 unspecified atom stereocenters. The number of para-hydroxylation sites is 2. The van der Waals surface area contributed by atoms with Crippen molar-refractivity contribution in [1.29, 1.82) is 0 Å². The van der Waals surface area contributed by atoms with E-state index in [1.165, 1.54) is 31.2 Å². The number of amides is 1. The minimum absolute atomic E-state index is 0.189. The molecule has 0 saturated heterocycles. The van der Waals surface area contributed by atoms with Crippen LogP contribution in [0.1, 0.15) is 24.2 Å². The minimum atomic E-state index is -3.09.